The molecule has 34 heavy (non-hydrogen) atoms. The molecule has 1 aromatic heterocycles. The molecule has 1 aliphatic rings. The van der Waals surface area contributed by atoms with E-state index in [1.165, 1.54) is 19.2 Å². The number of rotatable bonds is 5. The fourth-order valence-electron chi connectivity index (χ4n) is 3.92. The van der Waals surface area contributed by atoms with Gasteiger partial charge in [-0.25, -0.2) is 19.2 Å². The Labute approximate surface area is 194 Å². The Hall–Kier alpha value is -4.59. The molecule has 0 amide bonds. The molecule has 2 N–H and O–H groups in total. The van der Waals surface area contributed by atoms with Crippen molar-refractivity contribution in [3.63, 3.8) is 0 Å². The molecule has 7 nitrogen and oxygen atoms in total. The zero-order chi connectivity index (χ0) is 23.7. The number of ether oxygens (including phenoxy) is 1. The van der Waals surface area contributed by atoms with E-state index in [0.29, 0.717) is 35.1 Å². The molecule has 4 aromatic rings. The third-order valence-corrected chi connectivity index (χ3v) is 5.53. The molecule has 168 valence electrons. The van der Waals surface area contributed by atoms with Gasteiger partial charge in [0.2, 0.25) is 5.95 Å². The molecule has 8 heteroatoms. The van der Waals surface area contributed by atoms with Crippen molar-refractivity contribution < 1.29 is 19.0 Å². The molecule has 3 aromatic carbocycles. The standard InChI is InChI=1S/C26H19FN4O3/c1-34-22-12-16(10-11-20(22)25(32)33)30-26-29-14-15-13-28-24(19-8-4-5-9-21(19)27)18-7-3-2-6-17(18)23(15)31-26/h2-12,14H,13H2,1H3,(H,32,33)(H,29,30,31). The lowest BCUT2D eigenvalue weighted by Crippen LogP contribution is -2.07. The fourth-order valence-corrected chi connectivity index (χ4v) is 3.92. The molecule has 0 atom stereocenters. The number of halogens is 1. The van der Waals surface area contributed by atoms with Gasteiger partial charge in [-0.15, -0.1) is 0 Å². The second-order valence-electron chi connectivity index (χ2n) is 7.60. The zero-order valence-corrected chi connectivity index (χ0v) is 18.1. The molecule has 0 saturated heterocycles. The van der Waals surface area contributed by atoms with Gasteiger partial charge < -0.3 is 15.2 Å². The zero-order valence-electron chi connectivity index (χ0n) is 18.1. The van der Waals surface area contributed by atoms with Crippen molar-refractivity contribution in [1.82, 2.24) is 9.97 Å². The van der Waals surface area contributed by atoms with Crippen molar-refractivity contribution in [3.05, 3.63) is 101 Å². The maximum absolute atomic E-state index is 14.6. The van der Waals surface area contributed by atoms with Crippen LogP contribution in [0.3, 0.4) is 0 Å². The van der Waals surface area contributed by atoms with Crippen molar-refractivity contribution in [3.8, 4) is 17.0 Å². The molecule has 0 bridgehead atoms. The first kappa shape index (κ1) is 21.3. The summed E-state index contributed by atoms with van der Waals surface area (Å²) in [5, 5.41) is 12.4. The van der Waals surface area contributed by atoms with E-state index in [0.717, 1.165) is 16.7 Å². The monoisotopic (exact) mass is 454 g/mol. The Bertz CT molecular complexity index is 1450. The first-order chi connectivity index (χ1) is 16.5. The van der Waals surface area contributed by atoms with E-state index >= 15 is 0 Å². The Balaban J connectivity index is 1.55. The van der Waals surface area contributed by atoms with Crippen LogP contribution in [0, 0.1) is 5.82 Å². The average Bonchev–Trinajstić information content (AvgIpc) is 3.01. The minimum Gasteiger partial charge on any atom is -0.496 e. The molecule has 0 spiro atoms. The fraction of sp³-hybridized carbons (Fsp3) is 0.0769. The summed E-state index contributed by atoms with van der Waals surface area (Å²) in [5.41, 5.74) is 4.73. The number of hydrogen-bond donors (Lipinski definition) is 2. The number of nitrogens with zero attached hydrogens (tertiary/aromatic N) is 3. The van der Waals surface area contributed by atoms with Crippen LogP contribution >= 0.6 is 0 Å². The molecule has 5 rings (SSSR count). The lowest BCUT2D eigenvalue weighted by molar-refractivity contribution is 0.0693. The van der Waals surface area contributed by atoms with E-state index in [9.17, 15) is 14.3 Å². The third kappa shape index (κ3) is 3.86. The van der Waals surface area contributed by atoms with Crippen molar-refractivity contribution in [2.75, 3.05) is 12.4 Å². The summed E-state index contributed by atoms with van der Waals surface area (Å²) in [6.45, 7) is 0.301. The number of carboxylic acids is 1. The van der Waals surface area contributed by atoms with Crippen molar-refractivity contribution in [2.24, 2.45) is 4.99 Å². The maximum atomic E-state index is 14.6. The molecule has 1 aliphatic heterocycles. The number of fused-ring (bicyclic) bond motifs is 3. The first-order valence-electron chi connectivity index (χ1n) is 10.5. The third-order valence-electron chi connectivity index (χ3n) is 5.53. The van der Waals surface area contributed by atoms with Gasteiger partial charge in [0.15, 0.2) is 0 Å². The van der Waals surface area contributed by atoms with Gasteiger partial charge in [-0.3, -0.25) is 4.99 Å². The predicted octanol–water partition coefficient (Wildman–Crippen LogP) is 5.08. The molecule has 0 aliphatic carbocycles. The molecule has 0 radical (unpaired) electrons. The molecule has 0 saturated carbocycles. The first-order valence-corrected chi connectivity index (χ1v) is 10.5. The highest BCUT2D eigenvalue weighted by Gasteiger charge is 2.22. The second kappa shape index (κ2) is 8.74. The van der Waals surface area contributed by atoms with Crippen LogP contribution in [-0.2, 0) is 6.54 Å². The number of anilines is 2. The number of benzene rings is 3. The molecule has 2 heterocycles. The molecule has 0 fully saturated rings. The summed E-state index contributed by atoms with van der Waals surface area (Å²) in [5.74, 6) is -0.866. The van der Waals surface area contributed by atoms with Crippen molar-refractivity contribution in [2.45, 2.75) is 6.54 Å². The number of hydrogen-bond acceptors (Lipinski definition) is 6. The van der Waals surface area contributed by atoms with Gasteiger partial charge >= 0.3 is 5.97 Å². The number of nitrogens with one attached hydrogen (secondary N) is 1. The normalized spacial score (nSPS) is 12.1. The van der Waals surface area contributed by atoms with Crippen LogP contribution in [0.2, 0.25) is 0 Å². The SMILES string of the molecule is COc1cc(Nc2ncc3c(n2)-c2ccccc2C(c2ccccc2F)=NC3)ccc1C(=O)O. The van der Waals surface area contributed by atoms with Crippen LogP contribution in [0.5, 0.6) is 5.75 Å². The van der Waals surface area contributed by atoms with E-state index in [1.54, 1.807) is 36.5 Å². The van der Waals surface area contributed by atoms with Gasteiger partial charge in [-0.1, -0.05) is 36.4 Å². The predicted molar refractivity (Wildman–Crippen MR) is 126 cm³/mol. The lowest BCUT2D eigenvalue weighted by Gasteiger charge is -2.13. The number of methoxy groups -OCH3 is 1. The maximum Gasteiger partial charge on any atom is 0.339 e. The van der Waals surface area contributed by atoms with Crippen molar-refractivity contribution in [1.29, 1.82) is 0 Å². The minimum absolute atomic E-state index is 0.0580. The average molecular weight is 454 g/mol. The Morgan fingerprint density at radius 1 is 1.03 bits per heavy atom. The second-order valence-corrected chi connectivity index (χ2v) is 7.60. The number of aromatic nitrogens is 2. The van der Waals surface area contributed by atoms with Gasteiger partial charge in [0.25, 0.3) is 0 Å². The van der Waals surface area contributed by atoms with Crippen LogP contribution in [0.15, 0.2) is 77.9 Å². The van der Waals surface area contributed by atoms with Gasteiger partial charge in [-0.05, 0) is 24.3 Å². The summed E-state index contributed by atoms with van der Waals surface area (Å²) >= 11 is 0. The summed E-state index contributed by atoms with van der Waals surface area (Å²) in [7, 11) is 1.41. The number of carbonyl (C=O) groups is 1. The summed E-state index contributed by atoms with van der Waals surface area (Å²) in [6.07, 6.45) is 1.69. The quantitative estimate of drug-likeness (QED) is 0.436. The Kier molecular flexibility index (Phi) is 5.47. The summed E-state index contributed by atoms with van der Waals surface area (Å²) in [6, 6.07) is 18.8. The van der Waals surface area contributed by atoms with Crippen LogP contribution in [0.1, 0.15) is 27.0 Å². The van der Waals surface area contributed by atoms with Gasteiger partial charge in [0.05, 0.1) is 25.1 Å². The van der Waals surface area contributed by atoms with E-state index < -0.39 is 5.97 Å². The van der Waals surface area contributed by atoms with Crippen molar-refractivity contribution >= 4 is 23.3 Å². The Morgan fingerprint density at radius 2 is 1.76 bits per heavy atom. The largest absolute Gasteiger partial charge is 0.496 e. The minimum atomic E-state index is -1.08. The Morgan fingerprint density at radius 3 is 2.50 bits per heavy atom. The smallest absolute Gasteiger partial charge is 0.339 e. The number of aromatic carboxylic acids is 1. The van der Waals surface area contributed by atoms with Gasteiger partial charge in [-0.2, -0.15) is 0 Å². The lowest BCUT2D eigenvalue weighted by atomic mass is 9.95. The molecular weight excluding hydrogens is 435 g/mol. The van der Waals surface area contributed by atoms with Crippen LogP contribution in [0.25, 0.3) is 11.3 Å². The molecule has 0 unspecified atom stereocenters. The highest BCUT2D eigenvalue weighted by atomic mass is 19.1. The van der Waals surface area contributed by atoms with Crippen LogP contribution in [0.4, 0.5) is 16.0 Å². The topological polar surface area (TPSA) is 96.7 Å². The van der Waals surface area contributed by atoms with E-state index in [-0.39, 0.29) is 17.1 Å². The van der Waals surface area contributed by atoms with E-state index in [1.807, 2.05) is 24.3 Å². The van der Waals surface area contributed by atoms with Crippen LogP contribution in [-0.4, -0.2) is 33.9 Å². The summed E-state index contributed by atoms with van der Waals surface area (Å²) in [4.78, 5) is 25.2. The highest BCUT2D eigenvalue weighted by Crippen LogP contribution is 2.33. The van der Waals surface area contributed by atoms with E-state index in [4.69, 9.17) is 14.7 Å². The summed E-state index contributed by atoms with van der Waals surface area (Å²) < 4.78 is 19.8. The van der Waals surface area contributed by atoms with Crippen LogP contribution < -0.4 is 10.1 Å². The van der Waals surface area contributed by atoms with Gasteiger partial charge in [0.1, 0.15) is 17.1 Å². The number of carboxylic acid groups (broad SMARTS) is 1. The number of aliphatic imine (C=N–C) groups is 1. The van der Waals surface area contributed by atoms with Gasteiger partial charge in [0, 0.05) is 40.2 Å². The highest BCUT2D eigenvalue weighted by molar-refractivity contribution is 6.16. The van der Waals surface area contributed by atoms with E-state index in [2.05, 4.69) is 10.3 Å². The molecular formula is C26H19FN4O3.